The highest BCUT2D eigenvalue weighted by Crippen LogP contribution is 1.87. The Balaban J connectivity index is 3.63. The average molecular weight is 212 g/mol. The summed E-state index contributed by atoms with van der Waals surface area (Å²) in [6.45, 7) is 0.711. The Hall–Kier alpha value is -0.700. The molecule has 1 amide bonds. The van der Waals surface area contributed by atoms with E-state index in [-0.39, 0.29) is 0 Å². The van der Waals surface area contributed by atoms with Crippen LogP contribution >= 0.6 is 0 Å². The number of hydrogen-bond donors (Lipinski definition) is 2. The normalized spacial score (nSPS) is 12.2. The summed E-state index contributed by atoms with van der Waals surface area (Å²) in [6, 6.07) is 0. The molecule has 8 heteroatoms. The van der Waals surface area contributed by atoms with Crippen LogP contribution in [0.25, 0.3) is 0 Å². The lowest BCUT2D eigenvalue weighted by molar-refractivity contribution is 0.0803. The molecule has 0 rings (SSSR count). The van der Waals surface area contributed by atoms with E-state index in [4.69, 9.17) is 9.29 Å². The maximum atomic E-state index is 10.9. The smallest absolute Gasteiger partial charge is 0.383 e. The summed E-state index contributed by atoms with van der Waals surface area (Å²) in [5.41, 5.74) is 0. The van der Waals surface area contributed by atoms with E-state index in [2.05, 4.69) is 4.84 Å². The van der Waals surface area contributed by atoms with Crippen molar-refractivity contribution in [1.29, 1.82) is 0 Å². The molecule has 0 aromatic carbocycles. The molecule has 0 radical (unpaired) electrons. The molecule has 0 aromatic rings. The minimum absolute atomic E-state index is 0.342. The number of methoxy groups -OCH3 is 1. The van der Waals surface area contributed by atoms with E-state index < -0.39 is 17.4 Å². The molecule has 0 aromatic heterocycles. The van der Waals surface area contributed by atoms with Crippen LogP contribution in [0.3, 0.4) is 0 Å². The third kappa shape index (κ3) is 6.46. The van der Waals surface area contributed by atoms with Gasteiger partial charge in [-0.15, -0.1) is 0 Å². The van der Waals surface area contributed by atoms with Crippen molar-refractivity contribution in [2.75, 3.05) is 27.3 Å². The Morgan fingerprint density at radius 2 is 2.31 bits per heavy atom. The van der Waals surface area contributed by atoms with E-state index in [0.717, 1.165) is 0 Å². The molecule has 13 heavy (non-hydrogen) atoms. The van der Waals surface area contributed by atoms with E-state index >= 15 is 0 Å². The van der Waals surface area contributed by atoms with Crippen LogP contribution in [0.4, 0.5) is 4.79 Å². The molecule has 7 nitrogen and oxygen atoms in total. The molecule has 0 saturated heterocycles. The van der Waals surface area contributed by atoms with E-state index in [1.54, 1.807) is 4.89 Å². The molecule has 78 valence electrons. The van der Waals surface area contributed by atoms with Crippen LogP contribution in [0.2, 0.25) is 0 Å². The fourth-order valence-electron chi connectivity index (χ4n) is 0.469. The van der Waals surface area contributed by atoms with Gasteiger partial charge in [0.2, 0.25) is 0 Å². The van der Waals surface area contributed by atoms with Crippen LogP contribution in [-0.4, -0.2) is 47.1 Å². The predicted octanol–water partition coefficient (Wildman–Crippen LogP) is -0.657. The number of amides is 1. The summed E-state index contributed by atoms with van der Waals surface area (Å²) in [5, 5.41) is 0. The van der Waals surface area contributed by atoms with Gasteiger partial charge in [0.15, 0.2) is 0 Å². The Kier molecular flexibility index (Phi) is 6.41. The number of nitrogens with zero attached hydrogens (tertiary/aromatic N) is 1. The molecule has 0 aliphatic carbocycles. The molecule has 0 aliphatic rings. The van der Waals surface area contributed by atoms with E-state index in [1.807, 2.05) is 0 Å². The Labute approximate surface area is 78.4 Å². The number of likely N-dealkylation sites (N-methyl/N-ethyl adjacent to an activating group) is 1. The first-order valence-electron chi connectivity index (χ1n) is 3.35. The van der Waals surface area contributed by atoms with Gasteiger partial charge in [0, 0.05) is 20.7 Å². The SMILES string of the molecule is COCCN(C)C(=O)ONS(=O)O. The van der Waals surface area contributed by atoms with Crippen molar-refractivity contribution >= 4 is 17.4 Å². The van der Waals surface area contributed by atoms with Crippen molar-refractivity contribution in [3.8, 4) is 0 Å². The van der Waals surface area contributed by atoms with Gasteiger partial charge >= 0.3 is 6.09 Å². The second kappa shape index (κ2) is 6.78. The highest BCUT2D eigenvalue weighted by Gasteiger charge is 2.10. The van der Waals surface area contributed by atoms with Gasteiger partial charge in [-0.2, -0.15) is 0 Å². The molecule has 2 N–H and O–H groups in total. The van der Waals surface area contributed by atoms with Crippen molar-refractivity contribution in [2.24, 2.45) is 0 Å². The van der Waals surface area contributed by atoms with Crippen LogP contribution in [-0.2, 0) is 20.8 Å². The maximum absolute atomic E-state index is 10.9. The lowest BCUT2D eigenvalue weighted by Gasteiger charge is -2.14. The number of carbonyl (C=O) groups is 1. The van der Waals surface area contributed by atoms with Gasteiger partial charge in [0.05, 0.1) is 6.61 Å². The third-order valence-electron chi connectivity index (χ3n) is 1.14. The lowest BCUT2D eigenvalue weighted by Crippen LogP contribution is -2.34. The minimum atomic E-state index is -2.36. The zero-order chi connectivity index (χ0) is 10.3. The Morgan fingerprint density at radius 1 is 1.69 bits per heavy atom. The minimum Gasteiger partial charge on any atom is -0.383 e. The molecule has 0 bridgehead atoms. The lowest BCUT2D eigenvalue weighted by atomic mass is 10.6. The summed E-state index contributed by atoms with van der Waals surface area (Å²) in [4.78, 5) is 17.9. The topological polar surface area (TPSA) is 88.1 Å². The van der Waals surface area contributed by atoms with Crippen molar-refractivity contribution in [1.82, 2.24) is 9.79 Å². The van der Waals surface area contributed by atoms with Crippen molar-refractivity contribution in [3.63, 3.8) is 0 Å². The summed E-state index contributed by atoms with van der Waals surface area (Å²) in [7, 11) is 2.98. The highest BCUT2D eigenvalue weighted by molar-refractivity contribution is 7.76. The molecule has 0 aliphatic heterocycles. The number of hydrogen-bond acceptors (Lipinski definition) is 4. The van der Waals surface area contributed by atoms with Gasteiger partial charge in [0.1, 0.15) is 0 Å². The summed E-state index contributed by atoms with van der Waals surface area (Å²) >= 11 is -2.36. The summed E-state index contributed by atoms with van der Waals surface area (Å²) < 4.78 is 22.9. The Bertz CT molecular complexity index is 188. The van der Waals surface area contributed by atoms with Gasteiger partial charge in [-0.3, -0.25) is 4.55 Å². The molecular formula is C5H12N2O5S. The number of carbonyl (C=O) groups excluding carboxylic acids is 1. The Morgan fingerprint density at radius 3 is 2.77 bits per heavy atom. The first kappa shape index (κ1) is 12.3. The zero-order valence-corrected chi connectivity index (χ0v) is 8.17. The number of ether oxygens (including phenoxy) is 1. The van der Waals surface area contributed by atoms with Crippen LogP contribution in [0.5, 0.6) is 0 Å². The molecule has 0 spiro atoms. The van der Waals surface area contributed by atoms with Crippen molar-refractivity contribution in [2.45, 2.75) is 0 Å². The monoisotopic (exact) mass is 212 g/mol. The summed E-state index contributed by atoms with van der Waals surface area (Å²) in [6.07, 6.45) is -0.751. The first-order chi connectivity index (χ1) is 6.07. The summed E-state index contributed by atoms with van der Waals surface area (Å²) in [5.74, 6) is 0. The van der Waals surface area contributed by atoms with Gasteiger partial charge < -0.3 is 14.5 Å². The highest BCUT2D eigenvalue weighted by atomic mass is 32.2. The van der Waals surface area contributed by atoms with Crippen molar-refractivity contribution < 1.29 is 23.1 Å². The molecule has 0 heterocycles. The zero-order valence-electron chi connectivity index (χ0n) is 7.35. The van der Waals surface area contributed by atoms with Gasteiger partial charge in [-0.25, -0.2) is 9.00 Å². The van der Waals surface area contributed by atoms with E-state index in [1.165, 1.54) is 19.1 Å². The number of nitrogens with one attached hydrogen (secondary N) is 1. The molecule has 1 unspecified atom stereocenters. The van der Waals surface area contributed by atoms with Gasteiger partial charge in [0.25, 0.3) is 11.3 Å². The number of rotatable bonds is 5. The van der Waals surface area contributed by atoms with E-state index in [0.29, 0.717) is 13.2 Å². The first-order valence-corrected chi connectivity index (χ1v) is 4.46. The quantitative estimate of drug-likeness (QED) is 0.466. The fourth-order valence-corrected chi connectivity index (χ4v) is 0.611. The van der Waals surface area contributed by atoms with Crippen molar-refractivity contribution in [3.05, 3.63) is 0 Å². The predicted molar refractivity (Wildman–Crippen MR) is 44.9 cm³/mol. The molecule has 0 fully saturated rings. The largest absolute Gasteiger partial charge is 0.429 e. The maximum Gasteiger partial charge on any atom is 0.429 e. The van der Waals surface area contributed by atoms with Crippen LogP contribution in [0, 0.1) is 0 Å². The van der Waals surface area contributed by atoms with E-state index in [9.17, 15) is 9.00 Å². The molecular weight excluding hydrogens is 200 g/mol. The fraction of sp³-hybridized carbons (Fsp3) is 0.800. The average Bonchev–Trinajstić information content (AvgIpc) is 2.10. The second-order valence-corrected chi connectivity index (χ2v) is 2.78. The standard InChI is InChI=1S/C5H12N2O5S/c1-7(3-4-11-2)5(8)12-6-13(9)10/h6H,3-4H2,1-2H3,(H,9,10). The van der Waals surface area contributed by atoms with Crippen LogP contribution < -0.4 is 4.89 Å². The van der Waals surface area contributed by atoms with Gasteiger partial charge in [-0.05, 0) is 4.89 Å². The van der Waals surface area contributed by atoms with Gasteiger partial charge in [-0.1, -0.05) is 0 Å². The molecule has 1 atom stereocenters. The molecule has 0 saturated carbocycles. The van der Waals surface area contributed by atoms with Crippen LogP contribution in [0.15, 0.2) is 0 Å². The van der Waals surface area contributed by atoms with Crippen LogP contribution in [0.1, 0.15) is 0 Å². The second-order valence-electron chi connectivity index (χ2n) is 2.11. The third-order valence-corrected chi connectivity index (χ3v) is 1.37.